The quantitative estimate of drug-likeness (QED) is 0.720. The second kappa shape index (κ2) is 8.04. The molecule has 0 saturated carbocycles. The molecule has 0 aromatic heterocycles. The summed E-state index contributed by atoms with van der Waals surface area (Å²) >= 11 is 0. The van der Waals surface area contributed by atoms with Crippen molar-refractivity contribution in [2.45, 2.75) is 52.1 Å². The molecule has 0 aromatic rings. The Morgan fingerprint density at radius 2 is 2.12 bits per heavy atom. The zero-order chi connectivity index (χ0) is 11.8. The van der Waals surface area contributed by atoms with Crippen molar-refractivity contribution in [1.82, 2.24) is 10.2 Å². The number of hydrogen-bond donors (Lipinski definition) is 1. The van der Waals surface area contributed by atoms with E-state index in [0.717, 1.165) is 32.7 Å². The predicted molar refractivity (Wildman–Crippen MR) is 68.8 cm³/mol. The molecule has 3 heteroatoms. The van der Waals surface area contributed by atoms with Crippen LogP contribution in [0.4, 0.5) is 0 Å². The highest BCUT2D eigenvalue weighted by molar-refractivity contribution is 4.86. The summed E-state index contributed by atoms with van der Waals surface area (Å²) in [4.78, 5) is 2.58. The summed E-state index contributed by atoms with van der Waals surface area (Å²) in [6, 6.07) is 1.20. The Kier molecular flexibility index (Phi) is 7.01. The lowest BCUT2D eigenvalue weighted by Gasteiger charge is -2.39. The first kappa shape index (κ1) is 13.9. The van der Waals surface area contributed by atoms with E-state index in [-0.39, 0.29) is 0 Å². The maximum atomic E-state index is 5.64. The number of rotatable bonds is 7. The summed E-state index contributed by atoms with van der Waals surface area (Å²) in [7, 11) is 0. The van der Waals surface area contributed by atoms with E-state index < -0.39 is 0 Å². The first-order chi connectivity index (χ1) is 7.83. The molecule has 1 N–H and O–H groups in total. The van der Waals surface area contributed by atoms with Crippen molar-refractivity contribution >= 4 is 0 Å². The van der Waals surface area contributed by atoms with Gasteiger partial charge in [0.2, 0.25) is 0 Å². The molecule has 16 heavy (non-hydrogen) atoms. The van der Waals surface area contributed by atoms with Gasteiger partial charge in [0.15, 0.2) is 0 Å². The van der Waals surface area contributed by atoms with Crippen LogP contribution in [0.15, 0.2) is 0 Å². The Morgan fingerprint density at radius 3 is 2.75 bits per heavy atom. The molecule has 0 aromatic carbocycles. The molecule has 2 unspecified atom stereocenters. The largest absolute Gasteiger partial charge is 0.380 e. The first-order valence-electron chi connectivity index (χ1n) is 6.88. The van der Waals surface area contributed by atoms with E-state index in [1.807, 2.05) is 0 Å². The molecule has 1 saturated heterocycles. The van der Waals surface area contributed by atoms with Gasteiger partial charge in [-0.2, -0.15) is 0 Å². The number of hydrogen-bond acceptors (Lipinski definition) is 3. The van der Waals surface area contributed by atoms with Gasteiger partial charge in [-0.1, -0.05) is 27.2 Å². The van der Waals surface area contributed by atoms with Crippen LogP contribution in [-0.2, 0) is 4.74 Å². The van der Waals surface area contributed by atoms with E-state index in [2.05, 4.69) is 31.0 Å². The molecule has 96 valence electrons. The van der Waals surface area contributed by atoms with Crippen molar-refractivity contribution < 1.29 is 4.74 Å². The Bertz CT molecular complexity index is 173. The minimum absolute atomic E-state index is 0.574. The number of nitrogens with one attached hydrogen (secondary N) is 1. The summed E-state index contributed by atoms with van der Waals surface area (Å²) in [5.74, 6) is 0. The topological polar surface area (TPSA) is 24.5 Å². The van der Waals surface area contributed by atoms with Gasteiger partial charge in [0, 0.05) is 18.7 Å². The molecule has 2 atom stereocenters. The Hall–Kier alpha value is -0.120. The van der Waals surface area contributed by atoms with Gasteiger partial charge in [0.1, 0.15) is 0 Å². The van der Waals surface area contributed by atoms with Crippen molar-refractivity contribution in [1.29, 1.82) is 0 Å². The van der Waals surface area contributed by atoms with Gasteiger partial charge in [-0.05, 0) is 32.5 Å². The van der Waals surface area contributed by atoms with Gasteiger partial charge >= 0.3 is 0 Å². The zero-order valence-electron chi connectivity index (χ0n) is 11.2. The third-order valence-electron chi connectivity index (χ3n) is 3.47. The van der Waals surface area contributed by atoms with E-state index in [1.54, 1.807) is 0 Å². The van der Waals surface area contributed by atoms with Crippen molar-refractivity contribution in [2.24, 2.45) is 0 Å². The maximum Gasteiger partial charge on any atom is 0.0637 e. The van der Waals surface area contributed by atoms with E-state index >= 15 is 0 Å². The van der Waals surface area contributed by atoms with Crippen LogP contribution in [0.5, 0.6) is 0 Å². The van der Waals surface area contributed by atoms with Crippen LogP contribution in [0, 0.1) is 0 Å². The summed E-state index contributed by atoms with van der Waals surface area (Å²) < 4.78 is 5.64. The van der Waals surface area contributed by atoms with Crippen molar-refractivity contribution in [3.8, 4) is 0 Å². The summed E-state index contributed by atoms with van der Waals surface area (Å²) in [6.07, 6.45) is 3.72. The van der Waals surface area contributed by atoms with E-state index in [9.17, 15) is 0 Å². The van der Waals surface area contributed by atoms with Crippen LogP contribution in [-0.4, -0.2) is 49.8 Å². The van der Waals surface area contributed by atoms with Gasteiger partial charge in [0.05, 0.1) is 6.61 Å². The minimum Gasteiger partial charge on any atom is -0.380 e. The van der Waals surface area contributed by atoms with Crippen LogP contribution in [0.1, 0.15) is 40.0 Å². The molecule has 3 nitrogen and oxygen atoms in total. The highest BCUT2D eigenvalue weighted by atomic mass is 16.5. The molecule has 0 aliphatic carbocycles. The van der Waals surface area contributed by atoms with Crippen LogP contribution in [0.25, 0.3) is 0 Å². The number of nitrogens with zero attached hydrogens (tertiary/aromatic N) is 1. The minimum atomic E-state index is 0.574. The van der Waals surface area contributed by atoms with Gasteiger partial charge < -0.3 is 10.1 Å². The third kappa shape index (κ3) is 4.04. The lowest BCUT2D eigenvalue weighted by atomic mass is 10.0. The third-order valence-corrected chi connectivity index (χ3v) is 3.47. The predicted octanol–water partition coefficient (Wildman–Crippen LogP) is 1.88. The number of ether oxygens (including phenoxy) is 1. The summed E-state index contributed by atoms with van der Waals surface area (Å²) in [5.41, 5.74) is 0. The number of likely N-dealkylation sites (N-methyl/N-ethyl adjacent to an activating group) is 2. The fourth-order valence-corrected chi connectivity index (χ4v) is 2.50. The van der Waals surface area contributed by atoms with Crippen molar-refractivity contribution in [3.63, 3.8) is 0 Å². The standard InChI is InChI=1S/C13H28N2O/c1-4-7-9-15(6-3)13-11-16-10-8-12(13)14-5-2/h12-14H,4-11H2,1-3H3. The molecule has 0 bridgehead atoms. The molecular weight excluding hydrogens is 200 g/mol. The highest BCUT2D eigenvalue weighted by Crippen LogP contribution is 2.15. The molecule has 1 heterocycles. The Morgan fingerprint density at radius 1 is 1.31 bits per heavy atom. The Balaban J connectivity index is 2.49. The average molecular weight is 228 g/mol. The second-order valence-electron chi connectivity index (χ2n) is 4.58. The molecule has 1 aliphatic rings. The monoisotopic (exact) mass is 228 g/mol. The first-order valence-corrected chi connectivity index (χ1v) is 6.88. The Labute approximate surface area is 101 Å². The smallest absolute Gasteiger partial charge is 0.0637 e. The van der Waals surface area contributed by atoms with Gasteiger partial charge in [-0.3, -0.25) is 4.90 Å². The normalized spacial score (nSPS) is 26.2. The van der Waals surface area contributed by atoms with Crippen LogP contribution < -0.4 is 5.32 Å². The van der Waals surface area contributed by atoms with E-state index in [1.165, 1.54) is 19.4 Å². The van der Waals surface area contributed by atoms with Crippen molar-refractivity contribution in [2.75, 3.05) is 32.8 Å². The maximum absolute atomic E-state index is 5.64. The fraction of sp³-hybridized carbons (Fsp3) is 1.00. The molecular formula is C13H28N2O. The van der Waals surface area contributed by atoms with Gasteiger partial charge in [0.25, 0.3) is 0 Å². The van der Waals surface area contributed by atoms with Crippen LogP contribution in [0.2, 0.25) is 0 Å². The molecule has 0 amide bonds. The van der Waals surface area contributed by atoms with Crippen LogP contribution >= 0.6 is 0 Å². The average Bonchev–Trinajstić information content (AvgIpc) is 2.32. The highest BCUT2D eigenvalue weighted by Gasteiger charge is 2.28. The lowest BCUT2D eigenvalue weighted by Crippen LogP contribution is -2.55. The SMILES string of the molecule is CCCCN(CC)C1COCCC1NCC. The van der Waals surface area contributed by atoms with E-state index in [4.69, 9.17) is 4.74 Å². The number of unbranched alkanes of at least 4 members (excludes halogenated alkanes) is 1. The molecule has 1 rings (SSSR count). The summed E-state index contributed by atoms with van der Waals surface area (Å²) in [5, 5.41) is 3.60. The second-order valence-corrected chi connectivity index (χ2v) is 4.58. The summed E-state index contributed by atoms with van der Waals surface area (Å²) in [6.45, 7) is 11.9. The molecule has 0 radical (unpaired) electrons. The van der Waals surface area contributed by atoms with Gasteiger partial charge in [-0.25, -0.2) is 0 Å². The molecule has 1 fully saturated rings. The lowest BCUT2D eigenvalue weighted by molar-refractivity contribution is -0.00149. The van der Waals surface area contributed by atoms with Crippen LogP contribution in [0.3, 0.4) is 0 Å². The fourth-order valence-electron chi connectivity index (χ4n) is 2.50. The van der Waals surface area contributed by atoms with E-state index in [0.29, 0.717) is 12.1 Å². The zero-order valence-corrected chi connectivity index (χ0v) is 11.2. The molecule has 1 aliphatic heterocycles. The molecule has 0 spiro atoms. The van der Waals surface area contributed by atoms with Gasteiger partial charge in [-0.15, -0.1) is 0 Å². The van der Waals surface area contributed by atoms with Crippen molar-refractivity contribution in [3.05, 3.63) is 0 Å².